The molecule has 0 aromatic heterocycles. The quantitative estimate of drug-likeness (QED) is 0.783. The molecule has 1 aliphatic heterocycles. The number of benzene rings is 2. The van der Waals surface area contributed by atoms with Crippen molar-refractivity contribution in [1.82, 2.24) is 4.90 Å². The van der Waals surface area contributed by atoms with Crippen molar-refractivity contribution >= 4 is 5.97 Å². The summed E-state index contributed by atoms with van der Waals surface area (Å²) in [4.78, 5) is 14.1. The molecule has 2 atom stereocenters. The highest BCUT2D eigenvalue weighted by molar-refractivity contribution is 5.74. The number of rotatable bonds is 7. The molecule has 0 spiro atoms. The Bertz CT molecular complexity index is 805. The zero-order valence-corrected chi connectivity index (χ0v) is 16.6. The maximum absolute atomic E-state index is 12.0. The van der Waals surface area contributed by atoms with Crippen LogP contribution >= 0.6 is 0 Å². The Labute approximate surface area is 165 Å². The van der Waals surface area contributed by atoms with Crippen molar-refractivity contribution in [2.75, 3.05) is 27.9 Å². The predicted molar refractivity (Wildman–Crippen MR) is 106 cm³/mol. The fourth-order valence-electron chi connectivity index (χ4n) is 3.92. The third kappa shape index (κ3) is 4.07. The number of hydrogen-bond acceptors (Lipinski definition) is 5. The minimum absolute atomic E-state index is 0.266. The number of carboxylic acid groups (broad SMARTS) is 1. The van der Waals surface area contributed by atoms with Gasteiger partial charge in [0, 0.05) is 5.56 Å². The van der Waals surface area contributed by atoms with Gasteiger partial charge in [0.1, 0.15) is 23.3 Å². The van der Waals surface area contributed by atoms with Crippen LogP contribution < -0.4 is 14.2 Å². The van der Waals surface area contributed by atoms with Gasteiger partial charge in [-0.15, -0.1) is 0 Å². The molecular weight excluding hydrogens is 358 g/mol. The lowest BCUT2D eigenvalue weighted by Crippen LogP contribution is -2.46. The molecule has 1 heterocycles. The molecular formula is C22H27NO5. The Hall–Kier alpha value is -2.73. The van der Waals surface area contributed by atoms with Gasteiger partial charge in [-0.25, -0.2) is 0 Å². The second kappa shape index (κ2) is 8.97. The highest BCUT2D eigenvalue weighted by atomic mass is 16.5. The number of piperidine rings is 1. The van der Waals surface area contributed by atoms with Crippen molar-refractivity contribution < 1.29 is 24.1 Å². The first-order chi connectivity index (χ1) is 13.6. The predicted octanol–water partition coefficient (Wildman–Crippen LogP) is 3.74. The van der Waals surface area contributed by atoms with Gasteiger partial charge in [-0.2, -0.15) is 0 Å². The molecule has 0 bridgehead atoms. The minimum Gasteiger partial charge on any atom is -0.497 e. The van der Waals surface area contributed by atoms with Gasteiger partial charge in [-0.05, 0) is 55.3 Å². The number of hydrogen-bond donors (Lipinski definition) is 1. The monoisotopic (exact) mass is 385 g/mol. The van der Waals surface area contributed by atoms with Gasteiger partial charge in [0.05, 0.1) is 27.4 Å². The molecule has 2 unspecified atom stereocenters. The zero-order valence-electron chi connectivity index (χ0n) is 16.6. The molecule has 0 saturated carbocycles. The molecule has 1 N–H and O–H groups in total. The van der Waals surface area contributed by atoms with Gasteiger partial charge in [0.25, 0.3) is 0 Å². The van der Waals surface area contributed by atoms with Crippen LogP contribution in [0.5, 0.6) is 17.2 Å². The fraction of sp³-hybridized carbons (Fsp3) is 0.409. The van der Waals surface area contributed by atoms with Crippen LogP contribution in [0, 0.1) is 0 Å². The normalized spacial score (nSPS) is 18.3. The Balaban J connectivity index is 2.15. The molecule has 6 nitrogen and oxygen atoms in total. The first-order valence-electron chi connectivity index (χ1n) is 9.43. The van der Waals surface area contributed by atoms with E-state index >= 15 is 0 Å². The summed E-state index contributed by atoms with van der Waals surface area (Å²) in [5.41, 5.74) is 1.88. The van der Waals surface area contributed by atoms with E-state index in [0.717, 1.165) is 29.7 Å². The summed E-state index contributed by atoms with van der Waals surface area (Å²) in [6.45, 7) is 0.702. The van der Waals surface area contributed by atoms with E-state index in [1.54, 1.807) is 21.3 Å². The number of ether oxygens (including phenoxy) is 3. The average Bonchev–Trinajstić information content (AvgIpc) is 2.74. The second-order valence-corrected chi connectivity index (χ2v) is 6.87. The van der Waals surface area contributed by atoms with Gasteiger partial charge in [0.15, 0.2) is 0 Å². The van der Waals surface area contributed by atoms with Crippen molar-refractivity contribution in [3.63, 3.8) is 0 Å². The number of nitrogens with zero attached hydrogens (tertiary/aromatic N) is 1. The van der Waals surface area contributed by atoms with Crippen LogP contribution in [-0.4, -0.2) is 49.9 Å². The summed E-state index contributed by atoms with van der Waals surface area (Å²) in [5, 5.41) is 9.84. The van der Waals surface area contributed by atoms with Gasteiger partial charge in [-0.1, -0.05) is 18.6 Å². The lowest BCUT2D eigenvalue weighted by atomic mass is 9.91. The SMILES string of the molecule is COc1ccc(C(c2cc(OC)ccc2OC)N2CCCCC2C(=O)O)cc1. The van der Waals surface area contributed by atoms with Crippen molar-refractivity contribution in [2.45, 2.75) is 31.3 Å². The van der Waals surface area contributed by atoms with Gasteiger partial charge in [-0.3, -0.25) is 9.69 Å². The van der Waals surface area contributed by atoms with Gasteiger partial charge in [0.2, 0.25) is 0 Å². The summed E-state index contributed by atoms with van der Waals surface area (Å²) < 4.78 is 16.3. The van der Waals surface area contributed by atoms with Crippen molar-refractivity contribution in [2.24, 2.45) is 0 Å². The van der Waals surface area contributed by atoms with Crippen LogP contribution in [0.1, 0.15) is 36.4 Å². The molecule has 2 aromatic carbocycles. The molecule has 6 heteroatoms. The first-order valence-corrected chi connectivity index (χ1v) is 9.43. The first kappa shape index (κ1) is 20.0. The third-order valence-electron chi connectivity index (χ3n) is 5.32. The summed E-state index contributed by atoms with van der Waals surface area (Å²) in [5.74, 6) is 1.38. The second-order valence-electron chi connectivity index (χ2n) is 6.87. The molecule has 3 rings (SSSR count). The lowest BCUT2D eigenvalue weighted by Gasteiger charge is -2.40. The number of carbonyl (C=O) groups is 1. The van der Waals surface area contributed by atoms with E-state index in [2.05, 4.69) is 4.90 Å². The largest absolute Gasteiger partial charge is 0.497 e. The molecule has 28 heavy (non-hydrogen) atoms. The van der Waals surface area contributed by atoms with Crippen molar-refractivity contribution in [3.8, 4) is 17.2 Å². The van der Waals surface area contributed by atoms with Crippen LogP contribution in [0.3, 0.4) is 0 Å². The number of aliphatic carboxylic acids is 1. The zero-order chi connectivity index (χ0) is 20.1. The number of methoxy groups -OCH3 is 3. The number of carboxylic acids is 1. The molecule has 0 radical (unpaired) electrons. The van der Waals surface area contributed by atoms with E-state index in [0.29, 0.717) is 24.5 Å². The fourth-order valence-corrected chi connectivity index (χ4v) is 3.92. The molecule has 0 amide bonds. The van der Waals surface area contributed by atoms with Crippen LogP contribution in [-0.2, 0) is 4.79 Å². The van der Waals surface area contributed by atoms with E-state index in [4.69, 9.17) is 14.2 Å². The average molecular weight is 385 g/mol. The highest BCUT2D eigenvalue weighted by Crippen LogP contribution is 2.40. The van der Waals surface area contributed by atoms with E-state index in [1.807, 2.05) is 42.5 Å². The molecule has 2 aromatic rings. The molecule has 1 aliphatic rings. The third-order valence-corrected chi connectivity index (χ3v) is 5.32. The Kier molecular flexibility index (Phi) is 6.41. The van der Waals surface area contributed by atoms with Gasteiger partial charge < -0.3 is 19.3 Å². The Morgan fingerprint density at radius 3 is 2.29 bits per heavy atom. The summed E-state index contributed by atoms with van der Waals surface area (Å²) >= 11 is 0. The van der Waals surface area contributed by atoms with Gasteiger partial charge >= 0.3 is 5.97 Å². The van der Waals surface area contributed by atoms with Crippen LogP contribution in [0.15, 0.2) is 42.5 Å². The van der Waals surface area contributed by atoms with Crippen molar-refractivity contribution in [3.05, 3.63) is 53.6 Å². The summed E-state index contributed by atoms with van der Waals surface area (Å²) in [6, 6.07) is 12.6. The van der Waals surface area contributed by atoms with Crippen LogP contribution in [0.4, 0.5) is 0 Å². The molecule has 1 fully saturated rings. The highest BCUT2D eigenvalue weighted by Gasteiger charge is 2.36. The maximum atomic E-state index is 12.0. The van der Waals surface area contributed by atoms with E-state index in [-0.39, 0.29) is 6.04 Å². The molecule has 150 valence electrons. The standard InChI is InChI=1S/C22H27NO5/c1-26-16-9-7-15(8-10-16)21(23-13-5-4-6-19(23)22(24)25)18-14-17(27-2)11-12-20(18)28-3/h7-12,14,19,21H,4-6,13H2,1-3H3,(H,24,25). The smallest absolute Gasteiger partial charge is 0.320 e. The van der Waals surface area contributed by atoms with E-state index < -0.39 is 12.0 Å². The van der Waals surface area contributed by atoms with E-state index in [9.17, 15) is 9.90 Å². The van der Waals surface area contributed by atoms with E-state index in [1.165, 1.54) is 0 Å². The van der Waals surface area contributed by atoms with Crippen LogP contribution in [0.25, 0.3) is 0 Å². The minimum atomic E-state index is -0.792. The Morgan fingerprint density at radius 2 is 1.68 bits per heavy atom. The van der Waals surface area contributed by atoms with Crippen LogP contribution in [0.2, 0.25) is 0 Å². The lowest BCUT2D eigenvalue weighted by molar-refractivity contribution is -0.145. The topological polar surface area (TPSA) is 68.2 Å². The summed E-state index contributed by atoms with van der Waals surface area (Å²) in [7, 11) is 4.87. The summed E-state index contributed by atoms with van der Waals surface area (Å²) in [6.07, 6.45) is 2.51. The molecule has 1 saturated heterocycles. The van der Waals surface area contributed by atoms with Crippen molar-refractivity contribution in [1.29, 1.82) is 0 Å². The number of likely N-dealkylation sites (tertiary alicyclic amines) is 1. The maximum Gasteiger partial charge on any atom is 0.320 e. The Morgan fingerprint density at radius 1 is 1.00 bits per heavy atom. The molecule has 0 aliphatic carbocycles.